The van der Waals surface area contributed by atoms with Crippen LogP contribution in [0.2, 0.25) is 0 Å². The van der Waals surface area contributed by atoms with Crippen molar-refractivity contribution in [2.75, 3.05) is 13.6 Å². The topological polar surface area (TPSA) is 124 Å². The Hall–Kier alpha value is -5.52. The van der Waals surface area contributed by atoms with E-state index in [9.17, 15) is 28.0 Å². The Morgan fingerprint density at radius 1 is 0.619 bits per heavy atom. The first-order valence-electron chi connectivity index (χ1n) is 12.0. The molecule has 218 valence electrons. The Morgan fingerprint density at radius 2 is 1.00 bits per heavy atom. The molecule has 3 aromatic rings. The number of rotatable bonds is 12. The van der Waals surface area contributed by atoms with Crippen LogP contribution < -0.4 is 18.9 Å². The van der Waals surface area contributed by atoms with Crippen LogP contribution in [0.4, 0.5) is 8.78 Å². The molecule has 0 spiro atoms. The molecule has 0 radical (unpaired) electrons. The van der Waals surface area contributed by atoms with Crippen LogP contribution in [0.25, 0.3) is 0 Å². The average molecular weight is 583 g/mol. The summed E-state index contributed by atoms with van der Waals surface area (Å²) in [6.07, 6.45) is 0. The molecular weight excluding hydrogens is 558 g/mol. The van der Waals surface area contributed by atoms with Crippen molar-refractivity contribution in [3.05, 3.63) is 108 Å². The number of carbonyl (C=O) groups is 4. The summed E-state index contributed by atoms with van der Waals surface area (Å²) in [7, 11) is 0. The van der Waals surface area contributed by atoms with Gasteiger partial charge in [-0.3, -0.25) is 0 Å². The Bertz CT molecular complexity index is 1490. The second-order valence-electron chi connectivity index (χ2n) is 8.49. The van der Waals surface area contributed by atoms with E-state index >= 15 is 0 Å². The number of carbonyl (C=O) groups excluding carboxylic acids is 4. The predicted octanol–water partition coefficient (Wildman–Crippen LogP) is 5.31. The maximum atomic E-state index is 14.6. The highest BCUT2D eigenvalue weighted by molar-refractivity contribution is 5.92. The van der Waals surface area contributed by atoms with Gasteiger partial charge in [0.15, 0.2) is 11.6 Å². The van der Waals surface area contributed by atoms with E-state index in [0.717, 1.165) is 0 Å². The van der Waals surface area contributed by atoms with Gasteiger partial charge in [-0.1, -0.05) is 13.2 Å². The summed E-state index contributed by atoms with van der Waals surface area (Å²) in [5.41, 5.74) is 0.367. The zero-order valence-electron chi connectivity index (χ0n) is 22.4. The van der Waals surface area contributed by atoms with Crippen molar-refractivity contribution in [2.45, 2.75) is 13.8 Å². The normalized spacial score (nSPS) is 10.2. The Morgan fingerprint density at radius 3 is 1.38 bits per heavy atom. The lowest BCUT2D eigenvalue weighted by Gasteiger charge is -2.11. The quantitative estimate of drug-likeness (QED) is 0.120. The van der Waals surface area contributed by atoms with Gasteiger partial charge < -0.3 is 28.4 Å². The average Bonchev–Trinajstić information content (AvgIpc) is 2.95. The summed E-state index contributed by atoms with van der Waals surface area (Å²) < 4.78 is 59.1. The minimum absolute atomic E-state index is 0.0269. The van der Waals surface area contributed by atoms with E-state index in [1.807, 2.05) is 0 Å². The van der Waals surface area contributed by atoms with Crippen LogP contribution in [-0.2, 0) is 19.1 Å². The summed E-state index contributed by atoms with van der Waals surface area (Å²) in [5.74, 6) is -6.82. The molecule has 0 aliphatic heterocycles. The third-order valence-electron chi connectivity index (χ3n) is 5.09. The van der Waals surface area contributed by atoms with Gasteiger partial charge >= 0.3 is 23.9 Å². The molecule has 0 amide bonds. The second kappa shape index (κ2) is 14.2. The van der Waals surface area contributed by atoms with Crippen LogP contribution in [0.3, 0.4) is 0 Å². The van der Waals surface area contributed by atoms with E-state index < -0.39 is 53.8 Å². The third-order valence-corrected chi connectivity index (χ3v) is 5.09. The zero-order chi connectivity index (χ0) is 30.8. The van der Waals surface area contributed by atoms with Gasteiger partial charge in [0.05, 0.1) is 11.1 Å². The van der Waals surface area contributed by atoms with E-state index in [0.29, 0.717) is 12.1 Å². The van der Waals surface area contributed by atoms with E-state index in [2.05, 4.69) is 13.2 Å². The minimum atomic E-state index is -1.29. The van der Waals surface area contributed by atoms with E-state index in [1.54, 1.807) is 0 Å². The van der Waals surface area contributed by atoms with Crippen LogP contribution in [0.1, 0.15) is 34.6 Å². The third kappa shape index (κ3) is 8.74. The molecular formula is C30H24F2O10. The van der Waals surface area contributed by atoms with Gasteiger partial charge in [-0.25, -0.2) is 28.0 Å². The molecule has 0 N–H and O–H groups in total. The lowest BCUT2D eigenvalue weighted by Crippen LogP contribution is -2.13. The summed E-state index contributed by atoms with van der Waals surface area (Å²) in [5, 5.41) is 0. The molecule has 42 heavy (non-hydrogen) atoms. The highest BCUT2D eigenvalue weighted by Crippen LogP contribution is 2.29. The highest BCUT2D eigenvalue weighted by Gasteiger charge is 2.20. The molecule has 12 heteroatoms. The largest absolute Gasteiger partial charge is 0.457 e. The summed E-state index contributed by atoms with van der Waals surface area (Å²) >= 11 is 0. The summed E-state index contributed by atoms with van der Waals surface area (Å²) in [6, 6.07) is 12.1. The molecule has 3 aromatic carbocycles. The van der Waals surface area contributed by atoms with Gasteiger partial charge in [0.25, 0.3) is 0 Å². The molecule has 0 saturated heterocycles. The van der Waals surface area contributed by atoms with E-state index in [4.69, 9.17) is 28.4 Å². The number of benzene rings is 3. The number of hydrogen-bond acceptors (Lipinski definition) is 10. The van der Waals surface area contributed by atoms with Crippen LogP contribution >= 0.6 is 0 Å². The molecule has 3 rings (SSSR count). The molecule has 0 unspecified atom stereocenters. The van der Waals surface area contributed by atoms with Crippen molar-refractivity contribution in [3.63, 3.8) is 0 Å². The van der Waals surface area contributed by atoms with Crippen LogP contribution in [0.15, 0.2) is 85.0 Å². The van der Waals surface area contributed by atoms with Crippen LogP contribution in [-0.4, -0.2) is 37.5 Å². The van der Waals surface area contributed by atoms with Crippen molar-refractivity contribution in [3.8, 4) is 23.0 Å². The van der Waals surface area contributed by atoms with Crippen molar-refractivity contribution < 1.29 is 56.4 Å². The maximum absolute atomic E-state index is 14.6. The zero-order valence-corrected chi connectivity index (χ0v) is 22.4. The molecule has 0 bridgehead atoms. The van der Waals surface area contributed by atoms with Gasteiger partial charge in [-0.15, -0.1) is 0 Å². The number of ether oxygens (including phenoxy) is 6. The fourth-order valence-electron chi connectivity index (χ4n) is 2.93. The highest BCUT2D eigenvalue weighted by atomic mass is 19.1. The van der Waals surface area contributed by atoms with Crippen LogP contribution in [0, 0.1) is 11.6 Å². The Labute approximate surface area is 238 Å². The second-order valence-corrected chi connectivity index (χ2v) is 8.49. The summed E-state index contributed by atoms with van der Waals surface area (Å²) in [6.45, 7) is 9.06. The van der Waals surface area contributed by atoms with Gasteiger partial charge in [-0.2, -0.15) is 0 Å². The number of halogens is 2. The number of esters is 4. The molecule has 0 heterocycles. The SMILES string of the molecule is C=C(C)C(=O)OCOc1ccc(C(=O)Oc2cc(F)c(OC(=O)c3ccc(OCOC(=O)C(=C)C)cc3)c(F)c2)cc1. The Balaban J connectivity index is 1.56. The van der Waals surface area contributed by atoms with Crippen molar-refractivity contribution in [1.29, 1.82) is 0 Å². The van der Waals surface area contributed by atoms with Gasteiger partial charge in [0.1, 0.15) is 17.2 Å². The number of hydrogen-bond donors (Lipinski definition) is 0. The van der Waals surface area contributed by atoms with Gasteiger partial charge in [0, 0.05) is 23.3 Å². The lowest BCUT2D eigenvalue weighted by atomic mass is 10.2. The Kier molecular flexibility index (Phi) is 10.5. The first-order valence-corrected chi connectivity index (χ1v) is 12.0. The molecule has 10 nitrogen and oxygen atoms in total. The van der Waals surface area contributed by atoms with E-state index in [-0.39, 0.29) is 40.6 Å². The summed E-state index contributed by atoms with van der Waals surface area (Å²) in [4.78, 5) is 47.5. The fourth-order valence-corrected chi connectivity index (χ4v) is 2.93. The van der Waals surface area contributed by atoms with Crippen LogP contribution in [0.5, 0.6) is 23.0 Å². The fraction of sp³-hybridized carbons (Fsp3) is 0.133. The van der Waals surface area contributed by atoms with Gasteiger partial charge in [0.2, 0.25) is 19.3 Å². The molecule has 0 saturated carbocycles. The van der Waals surface area contributed by atoms with E-state index in [1.165, 1.54) is 62.4 Å². The molecule has 0 aliphatic carbocycles. The first-order chi connectivity index (χ1) is 19.9. The van der Waals surface area contributed by atoms with Crippen molar-refractivity contribution in [2.24, 2.45) is 0 Å². The molecule has 0 atom stereocenters. The smallest absolute Gasteiger partial charge is 0.343 e. The van der Waals surface area contributed by atoms with Crippen molar-refractivity contribution >= 4 is 23.9 Å². The first kappa shape index (κ1) is 31.0. The predicted molar refractivity (Wildman–Crippen MR) is 142 cm³/mol. The maximum Gasteiger partial charge on any atom is 0.343 e. The monoisotopic (exact) mass is 582 g/mol. The van der Waals surface area contributed by atoms with Crippen molar-refractivity contribution in [1.82, 2.24) is 0 Å². The molecule has 0 aliphatic rings. The molecule has 0 fully saturated rings. The standard InChI is InChI=1S/C30H24F2O10/c1-17(2)27(33)39-15-37-21-9-5-19(6-10-21)29(35)41-23-13-24(31)26(25(32)14-23)42-30(36)20-7-11-22(12-8-20)38-16-40-28(34)18(3)4/h5-14H,1,3,15-16H2,2,4H3. The minimum Gasteiger partial charge on any atom is -0.457 e. The van der Waals surface area contributed by atoms with Gasteiger partial charge in [-0.05, 0) is 62.4 Å². The molecule has 0 aromatic heterocycles. The lowest BCUT2D eigenvalue weighted by molar-refractivity contribution is -0.146.